The van der Waals surface area contributed by atoms with Gasteiger partial charge in [0.05, 0.1) is 11.1 Å². The minimum Gasteiger partial charge on any atom is -0.457 e. The zero-order valence-electron chi connectivity index (χ0n) is 15.3. The third-order valence-electron chi connectivity index (χ3n) is 4.39. The summed E-state index contributed by atoms with van der Waals surface area (Å²) in [7, 11) is 0. The van der Waals surface area contributed by atoms with Gasteiger partial charge in [0.25, 0.3) is 5.91 Å². The van der Waals surface area contributed by atoms with Crippen LogP contribution in [0.1, 0.15) is 22.1 Å². The molecular formula is C23H18N2O3. The lowest BCUT2D eigenvalue weighted by molar-refractivity contribution is 0.0941. The van der Waals surface area contributed by atoms with E-state index in [1.807, 2.05) is 54.6 Å². The van der Waals surface area contributed by atoms with Crippen LogP contribution in [0.4, 0.5) is 5.69 Å². The Kier molecular flexibility index (Phi) is 4.64. The molecule has 1 aromatic heterocycles. The van der Waals surface area contributed by atoms with Gasteiger partial charge < -0.3 is 10.1 Å². The summed E-state index contributed by atoms with van der Waals surface area (Å²) in [6.45, 7) is 1.47. The highest BCUT2D eigenvalue weighted by atomic mass is 16.5. The largest absolute Gasteiger partial charge is 0.457 e. The van der Waals surface area contributed by atoms with Gasteiger partial charge in [0, 0.05) is 24.2 Å². The monoisotopic (exact) mass is 370 g/mol. The van der Waals surface area contributed by atoms with Crippen molar-refractivity contribution in [2.24, 2.45) is 0 Å². The lowest BCUT2D eigenvalue weighted by Crippen LogP contribution is -2.11. The molecule has 4 rings (SSSR count). The first-order chi connectivity index (χ1) is 13.6. The van der Waals surface area contributed by atoms with E-state index in [0.717, 1.165) is 11.1 Å². The number of ether oxygens (including phenoxy) is 1. The summed E-state index contributed by atoms with van der Waals surface area (Å²) in [6, 6.07) is 24.0. The molecule has 138 valence electrons. The zero-order valence-corrected chi connectivity index (χ0v) is 15.3. The molecule has 1 amide bonds. The van der Waals surface area contributed by atoms with Crippen molar-refractivity contribution >= 4 is 28.4 Å². The molecule has 0 atom stereocenters. The van der Waals surface area contributed by atoms with Crippen LogP contribution in [0.25, 0.3) is 10.9 Å². The van der Waals surface area contributed by atoms with Crippen LogP contribution in [0.2, 0.25) is 0 Å². The fraction of sp³-hybridized carbons (Fsp3) is 0.0435. The van der Waals surface area contributed by atoms with E-state index in [-0.39, 0.29) is 11.8 Å². The highest BCUT2D eigenvalue weighted by Gasteiger charge is 2.16. The number of carbonyl (C=O) groups excluding carboxylic acids is 2. The number of benzene rings is 3. The number of carbonyl (C=O) groups is 2. The Balaban J connectivity index is 1.54. The van der Waals surface area contributed by atoms with Crippen LogP contribution in [0.5, 0.6) is 11.5 Å². The zero-order chi connectivity index (χ0) is 19.5. The van der Waals surface area contributed by atoms with E-state index in [1.165, 1.54) is 11.5 Å². The Morgan fingerprint density at radius 1 is 0.821 bits per heavy atom. The normalized spacial score (nSPS) is 10.6. The van der Waals surface area contributed by atoms with Gasteiger partial charge in [-0.15, -0.1) is 0 Å². The van der Waals surface area contributed by atoms with Crippen molar-refractivity contribution in [2.45, 2.75) is 6.92 Å². The smallest absolute Gasteiger partial charge is 0.257 e. The fourth-order valence-corrected chi connectivity index (χ4v) is 3.05. The van der Waals surface area contributed by atoms with Crippen molar-refractivity contribution in [1.29, 1.82) is 0 Å². The standard InChI is InChI=1S/C23H18N2O3/c1-16(26)25-15-21(20-9-5-6-10-22(20)25)23(27)24-17-11-13-19(14-12-17)28-18-7-3-2-4-8-18/h2-15H,1H3,(H,24,27). The van der Waals surface area contributed by atoms with Gasteiger partial charge in [-0.3, -0.25) is 14.2 Å². The molecule has 5 nitrogen and oxygen atoms in total. The number of aromatic nitrogens is 1. The number of hydrogen-bond donors (Lipinski definition) is 1. The van der Waals surface area contributed by atoms with E-state index in [9.17, 15) is 9.59 Å². The van der Waals surface area contributed by atoms with Gasteiger partial charge in [-0.25, -0.2) is 0 Å². The SMILES string of the molecule is CC(=O)n1cc(C(=O)Nc2ccc(Oc3ccccc3)cc2)c2ccccc21. The van der Waals surface area contributed by atoms with Gasteiger partial charge in [-0.1, -0.05) is 36.4 Å². The summed E-state index contributed by atoms with van der Waals surface area (Å²) in [4.78, 5) is 24.6. The maximum atomic E-state index is 12.8. The van der Waals surface area contributed by atoms with Gasteiger partial charge in [0.2, 0.25) is 5.91 Å². The van der Waals surface area contributed by atoms with Crippen LogP contribution in [0.15, 0.2) is 85.1 Å². The predicted molar refractivity (Wildman–Crippen MR) is 109 cm³/mol. The number of fused-ring (bicyclic) bond motifs is 1. The third-order valence-corrected chi connectivity index (χ3v) is 4.39. The second-order valence-electron chi connectivity index (χ2n) is 6.34. The van der Waals surface area contributed by atoms with Crippen LogP contribution in [-0.4, -0.2) is 16.4 Å². The molecule has 0 aliphatic rings. The molecule has 0 saturated carbocycles. The first-order valence-electron chi connectivity index (χ1n) is 8.87. The van der Waals surface area contributed by atoms with Gasteiger partial charge in [-0.05, 0) is 42.5 Å². The van der Waals surface area contributed by atoms with Gasteiger partial charge in [-0.2, -0.15) is 0 Å². The molecule has 5 heteroatoms. The quantitative estimate of drug-likeness (QED) is 0.527. The molecule has 4 aromatic rings. The molecule has 0 aliphatic heterocycles. The number of nitrogens with one attached hydrogen (secondary N) is 1. The average molecular weight is 370 g/mol. The highest BCUT2D eigenvalue weighted by Crippen LogP contribution is 2.25. The Morgan fingerprint density at radius 2 is 1.46 bits per heavy atom. The number of rotatable bonds is 4. The molecular weight excluding hydrogens is 352 g/mol. The van der Waals surface area contributed by atoms with Gasteiger partial charge in [0.15, 0.2) is 0 Å². The van der Waals surface area contributed by atoms with E-state index in [2.05, 4.69) is 5.32 Å². The molecule has 1 heterocycles. The third kappa shape index (κ3) is 3.50. The lowest BCUT2D eigenvalue weighted by atomic mass is 10.1. The molecule has 0 saturated heterocycles. The molecule has 3 aromatic carbocycles. The van der Waals surface area contributed by atoms with Crippen molar-refractivity contribution in [2.75, 3.05) is 5.32 Å². The summed E-state index contributed by atoms with van der Waals surface area (Å²) in [6.07, 6.45) is 1.58. The Morgan fingerprint density at radius 3 is 2.18 bits per heavy atom. The van der Waals surface area contributed by atoms with Crippen molar-refractivity contribution < 1.29 is 14.3 Å². The number of anilines is 1. The maximum absolute atomic E-state index is 12.8. The van der Waals surface area contributed by atoms with Crippen molar-refractivity contribution in [1.82, 2.24) is 4.57 Å². The summed E-state index contributed by atoms with van der Waals surface area (Å²) in [5.41, 5.74) is 1.81. The summed E-state index contributed by atoms with van der Waals surface area (Å²) >= 11 is 0. The van der Waals surface area contributed by atoms with Gasteiger partial charge >= 0.3 is 0 Å². The molecule has 0 aliphatic carbocycles. The molecule has 0 fully saturated rings. The number of amides is 1. The van der Waals surface area contributed by atoms with Crippen LogP contribution >= 0.6 is 0 Å². The summed E-state index contributed by atoms with van der Waals surface area (Å²) in [5.74, 6) is 1.01. The van der Waals surface area contributed by atoms with E-state index < -0.39 is 0 Å². The Labute approximate surface area is 162 Å². The van der Waals surface area contributed by atoms with Crippen LogP contribution in [-0.2, 0) is 0 Å². The van der Waals surface area contributed by atoms with Crippen molar-refractivity contribution in [3.63, 3.8) is 0 Å². The highest BCUT2D eigenvalue weighted by molar-refractivity contribution is 6.14. The number of nitrogens with zero attached hydrogens (tertiary/aromatic N) is 1. The number of para-hydroxylation sites is 2. The first kappa shape index (κ1) is 17.5. The summed E-state index contributed by atoms with van der Waals surface area (Å²) in [5, 5.41) is 3.61. The topological polar surface area (TPSA) is 60.3 Å². The van der Waals surface area contributed by atoms with E-state index >= 15 is 0 Å². The minimum absolute atomic E-state index is 0.141. The second-order valence-corrected chi connectivity index (χ2v) is 6.34. The molecule has 0 unspecified atom stereocenters. The fourth-order valence-electron chi connectivity index (χ4n) is 3.05. The molecule has 28 heavy (non-hydrogen) atoms. The Bertz CT molecular complexity index is 1150. The number of hydrogen-bond acceptors (Lipinski definition) is 3. The maximum Gasteiger partial charge on any atom is 0.257 e. The van der Waals surface area contributed by atoms with Crippen molar-refractivity contribution in [3.8, 4) is 11.5 Å². The van der Waals surface area contributed by atoms with E-state index in [0.29, 0.717) is 22.5 Å². The second kappa shape index (κ2) is 7.40. The molecule has 1 N–H and O–H groups in total. The van der Waals surface area contributed by atoms with Gasteiger partial charge in [0.1, 0.15) is 11.5 Å². The minimum atomic E-state index is -0.270. The lowest BCUT2D eigenvalue weighted by Gasteiger charge is -2.08. The van der Waals surface area contributed by atoms with Crippen LogP contribution in [0.3, 0.4) is 0 Å². The average Bonchev–Trinajstić information content (AvgIpc) is 3.10. The van der Waals surface area contributed by atoms with E-state index in [1.54, 1.807) is 30.5 Å². The summed E-state index contributed by atoms with van der Waals surface area (Å²) < 4.78 is 7.24. The first-order valence-corrected chi connectivity index (χ1v) is 8.87. The molecule has 0 bridgehead atoms. The predicted octanol–water partition coefficient (Wildman–Crippen LogP) is 5.35. The van der Waals surface area contributed by atoms with E-state index in [4.69, 9.17) is 4.74 Å². The van der Waals surface area contributed by atoms with Crippen LogP contribution in [0, 0.1) is 0 Å². The Hall–Kier alpha value is -3.86. The van der Waals surface area contributed by atoms with Crippen LogP contribution < -0.4 is 10.1 Å². The van der Waals surface area contributed by atoms with Crippen molar-refractivity contribution in [3.05, 3.63) is 90.6 Å². The molecule has 0 radical (unpaired) electrons. The molecule has 0 spiro atoms.